The molecular formula is C17H16F3NO2. The summed E-state index contributed by atoms with van der Waals surface area (Å²) in [7, 11) is 0. The number of carbonyl (C=O) groups excluding carboxylic acids is 1. The number of carbonyl (C=O) groups is 1. The van der Waals surface area contributed by atoms with Crippen LogP contribution in [0.1, 0.15) is 22.8 Å². The Hall–Kier alpha value is -2.34. The molecule has 0 aliphatic carbocycles. The number of rotatable bonds is 5. The van der Waals surface area contributed by atoms with Crippen LogP contribution < -0.4 is 5.32 Å². The first-order valence-corrected chi connectivity index (χ1v) is 7.06. The fourth-order valence-corrected chi connectivity index (χ4v) is 2.11. The Morgan fingerprint density at radius 1 is 1.09 bits per heavy atom. The van der Waals surface area contributed by atoms with Gasteiger partial charge in [-0.2, -0.15) is 0 Å². The van der Waals surface area contributed by atoms with Gasteiger partial charge in [-0.05, 0) is 24.6 Å². The van der Waals surface area contributed by atoms with Gasteiger partial charge in [0.1, 0.15) is 0 Å². The zero-order valence-electron chi connectivity index (χ0n) is 12.4. The third-order valence-corrected chi connectivity index (χ3v) is 3.50. The van der Waals surface area contributed by atoms with Crippen LogP contribution in [0.5, 0.6) is 0 Å². The van der Waals surface area contributed by atoms with E-state index in [0.717, 1.165) is 11.6 Å². The third-order valence-electron chi connectivity index (χ3n) is 3.50. The van der Waals surface area contributed by atoms with E-state index in [1.807, 2.05) is 30.3 Å². The summed E-state index contributed by atoms with van der Waals surface area (Å²) in [4.78, 5) is 11.9. The molecule has 0 heterocycles. The lowest BCUT2D eigenvalue weighted by molar-refractivity contribution is 0.0847. The molecule has 0 bridgehead atoms. The zero-order chi connectivity index (χ0) is 17.0. The lowest BCUT2D eigenvalue weighted by atomic mass is 10.0. The van der Waals surface area contributed by atoms with E-state index in [1.165, 1.54) is 0 Å². The number of benzene rings is 2. The fraction of sp³-hybridized carbons (Fsp3) is 0.235. The van der Waals surface area contributed by atoms with Crippen LogP contribution in [-0.4, -0.2) is 23.2 Å². The lowest BCUT2D eigenvalue weighted by Gasteiger charge is -2.20. The molecule has 2 rings (SSSR count). The largest absolute Gasteiger partial charge is 0.391 e. The summed E-state index contributed by atoms with van der Waals surface area (Å²) in [6.45, 7) is 1.54. The summed E-state index contributed by atoms with van der Waals surface area (Å²) in [5.41, 5.74) is 0.266. The Bertz CT molecular complexity index is 692. The maximum absolute atomic E-state index is 13.6. The quantitative estimate of drug-likeness (QED) is 0.831. The number of nitrogens with one attached hydrogen (secondary N) is 1. The first-order chi connectivity index (χ1) is 10.9. The average Bonchev–Trinajstić information content (AvgIpc) is 2.53. The molecule has 0 aromatic heterocycles. The Morgan fingerprint density at radius 3 is 2.39 bits per heavy atom. The van der Waals surface area contributed by atoms with Crippen molar-refractivity contribution in [2.75, 3.05) is 0 Å². The highest BCUT2D eigenvalue weighted by Gasteiger charge is 2.22. The molecule has 3 nitrogen and oxygen atoms in total. The standard InChI is InChI=1S/C17H16F3NO2/c1-10(14(22)9-11-5-3-2-4-6-11)21-17(23)12-7-8-13(18)16(20)15(12)19/h2-8,10,14,22H,9H2,1H3,(H,21,23). The van der Waals surface area contributed by atoms with Gasteiger partial charge in [-0.3, -0.25) is 4.79 Å². The van der Waals surface area contributed by atoms with Crippen molar-refractivity contribution >= 4 is 5.91 Å². The highest BCUT2D eigenvalue weighted by Crippen LogP contribution is 2.15. The minimum absolute atomic E-state index is 0.294. The van der Waals surface area contributed by atoms with Crippen LogP contribution >= 0.6 is 0 Å². The van der Waals surface area contributed by atoms with Crippen LogP contribution in [0.4, 0.5) is 13.2 Å². The minimum atomic E-state index is -1.70. The van der Waals surface area contributed by atoms with Gasteiger partial charge < -0.3 is 10.4 Å². The second-order valence-electron chi connectivity index (χ2n) is 5.24. The summed E-state index contributed by atoms with van der Waals surface area (Å²) < 4.78 is 39.6. The molecule has 0 saturated carbocycles. The van der Waals surface area contributed by atoms with E-state index < -0.39 is 41.1 Å². The molecule has 2 unspecified atom stereocenters. The van der Waals surface area contributed by atoms with Crippen molar-refractivity contribution in [3.63, 3.8) is 0 Å². The van der Waals surface area contributed by atoms with Crippen molar-refractivity contribution in [2.45, 2.75) is 25.5 Å². The van der Waals surface area contributed by atoms with Crippen LogP contribution in [0.3, 0.4) is 0 Å². The zero-order valence-corrected chi connectivity index (χ0v) is 12.4. The van der Waals surface area contributed by atoms with E-state index in [4.69, 9.17) is 0 Å². The number of amides is 1. The van der Waals surface area contributed by atoms with Crippen molar-refractivity contribution in [1.29, 1.82) is 0 Å². The summed E-state index contributed by atoms with van der Waals surface area (Å²) in [6.07, 6.45) is -0.613. The van der Waals surface area contributed by atoms with Crippen molar-refractivity contribution in [3.05, 3.63) is 71.0 Å². The van der Waals surface area contributed by atoms with Crippen molar-refractivity contribution in [1.82, 2.24) is 5.32 Å². The molecule has 0 spiro atoms. The molecule has 2 N–H and O–H groups in total. The van der Waals surface area contributed by atoms with Gasteiger partial charge in [0.2, 0.25) is 0 Å². The van der Waals surface area contributed by atoms with Crippen LogP contribution in [0.25, 0.3) is 0 Å². The van der Waals surface area contributed by atoms with Crippen molar-refractivity contribution in [2.24, 2.45) is 0 Å². The number of aliphatic hydroxyl groups excluding tert-OH is 1. The number of halogens is 3. The molecule has 2 atom stereocenters. The second-order valence-corrected chi connectivity index (χ2v) is 5.24. The molecule has 1 amide bonds. The molecular weight excluding hydrogens is 307 g/mol. The highest BCUT2D eigenvalue weighted by molar-refractivity contribution is 5.94. The van der Waals surface area contributed by atoms with Crippen LogP contribution in [0.2, 0.25) is 0 Å². The van der Waals surface area contributed by atoms with E-state index in [0.29, 0.717) is 12.5 Å². The summed E-state index contributed by atoms with van der Waals surface area (Å²) in [5, 5.41) is 12.5. The van der Waals surface area contributed by atoms with E-state index in [1.54, 1.807) is 6.92 Å². The lowest BCUT2D eigenvalue weighted by Crippen LogP contribution is -2.42. The van der Waals surface area contributed by atoms with E-state index >= 15 is 0 Å². The molecule has 122 valence electrons. The molecule has 0 fully saturated rings. The molecule has 0 aliphatic rings. The summed E-state index contributed by atoms with van der Waals surface area (Å²) >= 11 is 0. The van der Waals surface area contributed by atoms with E-state index in [9.17, 15) is 23.1 Å². The Kier molecular flexibility index (Phi) is 5.39. The number of hydrogen-bond donors (Lipinski definition) is 2. The third kappa shape index (κ3) is 4.10. The second kappa shape index (κ2) is 7.28. The topological polar surface area (TPSA) is 49.3 Å². The van der Waals surface area contributed by atoms with Gasteiger partial charge in [0.05, 0.1) is 17.7 Å². The fourth-order valence-electron chi connectivity index (χ4n) is 2.11. The highest BCUT2D eigenvalue weighted by atomic mass is 19.2. The minimum Gasteiger partial charge on any atom is -0.391 e. The molecule has 2 aromatic rings. The van der Waals surface area contributed by atoms with Crippen LogP contribution in [0.15, 0.2) is 42.5 Å². The number of aliphatic hydroxyl groups is 1. The normalized spacial score (nSPS) is 13.4. The Morgan fingerprint density at radius 2 is 1.74 bits per heavy atom. The SMILES string of the molecule is CC(NC(=O)c1ccc(F)c(F)c1F)C(O)Cc1ccccc1. The van der Waals surface area contributed by atoms with Crippen molar-refractivity contribution in [3.8, 4) is 0 Å². The van der Waals surface area contributed by atoms with Gasteiger partial charge in [-0.25, -0.2) is 13.2 Å². The maximum Gasteiger partial charge on any atom is 0.254 e. The predicted molar refractivity (Wildman–Crippen MR) is 79.4 cm³/mol. The van der Waals surface area contributed by atoms with Crippen LogP contribution in [-0.2, 0) is 6.42 Å². The molecule has 0 aliphatic heterocycles. The van der Waals surface area contributed by atoms with E-state index in [2.05, 4.69) is 5.32 Å². The van der Waals surface area contributed by atoms with Gasteiger partial charge in [0.25, 0.3) is 5.91 Å². The first kappa shape index (κ1) is 17.0. The van der Waals surface area contributed by atoms with E-state index in [-0.39, 0.29) is 0 Å². The smallest absolute Gasteiger partial charge is 0.254 e. The van der Waals surface area contributed by atoms with Gasteiger partial charge in [0.15, 0.2) is 17.5 Å². The number of hydrogen-bond acceptors (Lipinski definition) is 2. The summed E-state index contributed by atoms with van der Waals surface area (Å²) in [6, 6.07) is 9.98. The summed E-state index contributed by atoms with van der Waals surface area (Å²) in [5.74, 6) is -5.53. The van der Waals surface area contributed by atoms with Gasteiger partial charge in [0, 0.05) is 6.42 Å². The predicted octanol–water partition coefficient (Wildman–Crippen LogP) is 2.83. The molecule has 23 heavy (non-hydrogen) atoms. The molecule has 0 saturated heterocycles. The van der Waals surface area contributed by atoms with Gasteiger partial charge >= 0.3 is 0 Å². The monoisotopic (exact) mass is 323 g/mol. The Balaban J connectivity index is 2.03. The molecule has 2 aromatic carbocycles. The molecule has 6 heteroatoms. The first-order valence-electron chi connectivity index (χ1n) is 7.06. The Labute approximate surface area is 131 Å². The van der Waals surface area contributed by atoms with Crippen LogP contribution in [0, 0.1) is 17.5 Å². The molecule has 0 radical (unpaired) electrons. The van der Waals surface area contributed by atoms with Gasteiger partial charge in [-0.1, -0.05) is 30.3 Å². The van der Waals surface area contributed by atoms with Crippen molar-refractivity contribution < 1.29 is 23.1 Å². The maximum atomic E-state index is 13.6. The average molecular weight is 323 g/mol. The van der Waals surface area contributed by atoms with Gasteiger partial charge in [-0.15, -0.1) is 0 Å².